The van der Waals surface area contributed by atoms with E-state index in [0.717, 1.165) is 11.1 Å². The van der Waals surface area contributed by atoms with Crippen molar-refractivity contribution in [3.63, 3.8) is 0 Å². The van der Waals surface area contributed by atoms with Gasteiger partial charge in [-0.1, -0.05) is 18.2 Å². The zero-order valence-electron chi connectivity index (χ0n) is 8.60. The van der Waals surface area contributed by atoms with Gasteiger partial charge in [0.25, 0.3) is 0 Å². The summed E-state index contributed by atoms with van der Waals surface area (Å²) in [5.74, 6) is 0. The Kier molecular flexibility index (Phi) is 3.48. The van der Waals surface area contributed by atoms with E-state index < -0.39 is 5.24 Å². The van der Waals surface area contributed by atoms with Gasteiger partial charge in [0, 0.05) is 6.08 Å². The molecule has 0 fully saturated rings. The molecule has 0 N–H and O–H groups in total. The standard InChI is InChI=1S/C12H13ClO/c1-8-4-5-11(6-9(8)2)10(3)7-12(13)14/h4-7H,1-3H3. The topological polar surface area (TPSA) is 17.1 Å². The fraction of sp³-hybridized carbons (Fsp3) is 0.250. The smallest absolute Gasteiger partial charge is 0.245 e. The lowest BCUT2D eigenvalue weighted by atomic mass is 10.0. The maximum atomic E-state index is 10.7. The Morgan fingerprint density at radius 2 is 1.93 bits per heavy atom. The summed E-state index contributed by atoms with van der Waals surface area (Å²) in [6.45, 7) is 5.99. The molecule has 0 unspecified atom stereocenters. The molecule has 2 heteroatoms. The number of hydrogen-bond donors (Lipinski definition) is 0. The van der Waals surface area contributed by atoms with Gasteiger partial charge in [-0.15, -0.1) is 0 Å². The first-order valence-electron chi connectivity index (χ1n) is 4.46. The van der Waals surface area contributed by atoms with E-state index in [1.54, 1.807) is 0 Å². The number of halogens is 1. The van der Waals surface area contributed by atoms with E-state index in [-0.39, 0.29) is 0 Å². The van der Waals surface area contributed by atoms with Gasteiger partial charge in [-0.2, -0.15) is 0 Å². The highest BCUT2D eigenvalue weighted by atomic mass is 35.5. The number of aryl methyl sites for hydroxylation is 2. The first kappa shape index (κ1) is 11.0. The van der Waals surface area contributed by atoms with Crippen molar-refractivity contribution in [1.82, 2.24) is 0 Å². The Labute approximate surface area is 89.4 Å². The normalized spacial score (nSPS) is 11.6. The highest BCUT2D eigenvalue weighted by Crippen LogP contribution is 2.17. The van der Waals surface area contributed by atoms with Gasteiger partial charge in [-0.3, -0.25) is 4.79 Å². The second-order valence-corrected chi connectivity index (χ2v) is 3.80. The molecule has 0 saturated carbocycles. The molecular formula is C12H13ClO. The summed E-state index contributed by atoms with van der Waals surface area (Å²) in [4.78, 5) is 10.7. The quantitative estimate of drug-likeness (QED) is 0.537. The number of carbonyl (C=O) groups excluding carboxylic acids is 1. The first-order chi connectivity index (χ1) is 6.50. The van der Waals surface area contributed by atoms with E-state index in [1.807, 2.05) is 19.1 Å². The minimum atomic E-state index is -0.430. The third-order valence-electron chi connectivity index (χ3n) is 2.29. The van der Waals surface area contributed by atoms with Crippen LogP contribution in [0.1, 0.15) is 23.6 Å². The highest BCUT2D eigenvalue weighted by Gasteiger charge is 1.99. The Morgan fingerprint density at radius 1 is 1.29 bits per heavy atom. The van der Waals surface area contributed by atoms with Crippen molar-refractivity contribution in [1.29, 1.82) is 0 Å². The van der Waals surface area contributed by atoms with Gasteiger partial charge in [0.15, 0.2) is 0 Å². The molecule has 74 valence electrons. The van der Waals surface area contributed by atoms with Crippen LogP contribution in [0, 0.1) is 13.8 Å². The zero-order chi connectivity index (χ0) is 10.7. The van der Waals surface area contributed by atoms with Crippen LogP contribution in [0.15, 0.2) is 24.3 Å². The van der Waals surface area contributed by atoms with Crippen LogP contribution in [-0.4, -0.2) is 5.24 Å². The molecule has 0 aliphatic rings. The molecule has 0 aromatic heterocycles. The largest absolute Gasteiger partial charge is 0.276 e. The summed E-state index contributed by atoms with van der Waals surface area (Å²) < 4.78 is 0. The van der Waals surface area contributed by atoms with Gasteiger partial charge < -0.3 is 0 Å². The molecule has 0 bridgehead atoms. The molecule has 0 atom stereocenters. The van der Waals surface area contributed by atoms with Crippen molar-refractivity contribution < 1.29 is 4.79 Å². The average molecular weight is 209 g/mol. The molecule has 1 rings (SSSR count). The van der Waals surface area contributed by atoms with Crippen molar-refractivity contribution in [2.24, 2.45) is 0 Å². The number of rotatable bonds is 2. The van der Waals surface area contributed by atoms with Gasteiger partial charge in [0.2, 0.25) is 5.24 Å². The maximum Gasteiger partial charge on any atom is 0.245 e. The Bertz CT molecular complexity index is 391. The van der Waals surface area contributed by atoms with Crippen molar-refractivity contribution in [2.75, 3.05) is 0 Å². The summed E-state index contributed by atoms with van der Waals surface area (Å²) in [6.07, 6.45) is 1.44. The lowest BCUT2D eigenvalue weighted by Crippen LogP contribution is -1.87. The third-order valence-corrected chi connectivity index (χ3v) is 2.40. The van der Waals surface area contributed by atoms with Crippen LogP contribution < -0.4 is 0 Å². The lowest BCUT2D eigenvalue weighted by molar-refractivity contribution is -0.107. The van der Waals surface area contributed by atoms with E-state index in [0.29, 0.717) is 0 Å². The molecule has 14 heavy (non-hydrogen) atoms. The molecule has 0 aliphatic heterocycles. The number of benzene rings is 1. The Balaban J connectivity index is 3.09. The first-order valence-corrected chi connectivity index (χ1v) is 4.84. The summed E-state index contributed by atoms with van der Waals surface area (Å²) in [6, 6.07) is 6.09. The van der Waals surface area contributed by atoms with Gasteiger partial charge in [0.05, 0.1) is 0 Å². The molecule has 1 nitrogen and oxygen atoms in total. The molecule has 1 aromatic rings. The van der Waals surface area contributed by atoms with Gasteiger partial charge >= 0.3 is 0 Å². The van der Waals surface area contributed by atoms with Crippen LogP contribution >= 0.6 is 11.6 Å². The second kappa shape index (κ2) is 4.43. The molecular weight excluding hydrogens is 196 g/mol. The van der Waals surface area contributed by atoms with Gasteiger partial charge in [-0.25, -0.2) is 0 Å². The van der Waals surface area contributed by atoms with Crippen LogP contribution in [0.4, 0.5) is 0 Å². The van der Waals surface area contributed by atoms with E-state index in [4.69, 9.17) is 11.6 Å². The fourth-order valence-corrected chi connectivity index (χ4v) is 1.40. The van der Waals surface area contributed by atoms with Crippen molar-refractivity contribution in [3.8, 4) is 0 Å². The second-order valence-electron chi connectivity index (χ2n) is 3.43. The Morgan fingerprint density at radius 3 is 2.43 bits per heavy atom. The SMILES string of the molecule is CC(=CC(=O)Cl)c1ccc(C)c(C)c1. The van der Waals surface area contributed by atoms with Gasteiger partial charge in [-0.05, 0) is 54.6 Å². The van der Waals surface area contributed by atoms with Crippen molar-refractivity contribution in [2.45, 2.75) is 20.8 Å². The fourth-order valence-electron chi connectivity index (χ4n) is 1.24. The number of carbonyl (C=O) groups is 1. The van der Waals surface area contributed by atoms with E-state index >= 15 is 0 Å². The summed E-state index contributed by atoms with van der Waals surface area (Å²) in [7, 11) is 0. The third kappa shape index (κ3) is 2.71. The molecule has 0 aliphatic carbocycles. The highest BCUT2D eigenvalue weighted by molar-refractivity contribution is 6.66. The number of allylic oxidation sites excluding steroid dienone is 2. The molecule has 1 aromatic carbocycles. The van der Waals surface area contributed by atoms with Crippen LogP contribution in [0.3, 0.4) is 0 Å². The predicted octanol–water partition coefficient (Wildman–Crippen LogP) is 3.47. The van der Waals surface area contributed by atoms with Gasteiger partial charge in [0.1, 0.15) is 0 Å². The van der Waals surface area contributed by atoms with Crippen molar-refractivity contribution >= 4 is 22.4 Å². The molecule has 0 heterocycles. The maximum absolute atomic E-state index is 10.7. The van der Waals surface area contributed by atoms with Crippen molar-refractivity contribution in [3.05, 3.63) is 41.0 Å². The average Bonchev–Trinajstić information content (AvgIpc) is 2.08. The minimum Gasteiger partial charge on any atom is -0.276 e. The molecule has 0 amide bonds. The van der Waals surface area contributed by atoms with Crippen LogP contribution in [0.5, 0.6) is 0 Å². The Hall–Kier alpha value is -1.08. The van der Waals surface area contributed by atoms with E-state index in [9.17, 15) is 4.79 Å². The van der Waals surface area contributed by atoms with E-state index in [2.05, 4.69) is 19.9 Å². The molecule has 0 saturated heterocycles. The summed E-state index contributed by atoms with van der Waals surface area (Å²) in [5, 5.41) is -0.430. The monoisotopic (exact) mass is 208 g/mol. The summed E-state index contributed by atoms with van der Waals surface area (Å²) >= 11 is 5.28. The summed E-state index contributed by atoms with van der Waals surface area (Å²) in [5.41, 5.74) is 4.41. The molecule has 0 spiro atoms. The van der Waals surface area contributed by atoms with Crippen LogP contribution in [0.25, 0.3) is 5.57 Å². The predicted molar refractivity (Wildman–Crippen MR) is 60.4 cm³/mol. The number of hydrogen-bond acceptors (Lipinski definition) is 1. The van der Waals surface area contributed by atoms with Crippen LogP contribution in [0.2, 0.25) is 0 Å². The molecule has 0 radical (unpaired) electrons. The lowest BCUT2D eigenvalue weighted by Gasteiger charge is -2.04. The zero-order valence-corrected chi connectivity index (χ0v) is 9.35. The van der Waals surface area contributed by atoms with E-state index in [1.165, 1.54) is 17.2 Å². The van der Waals surface area contributed by atoms with Crippen LogP contribution in [-0.2, 0) is 4.79 Å². The minimum absolute atomic E-state index is 0.430.